The molecule has 0 saturated carbocycles. The molecule has 1 aliphatic rings. The molecule has 8 heteroatoms. The molecule has 0 atom stereocenters. The predicted octanol–water partition coefficient (Wildman–Crippen LogP) is 4.28. The van der Waals surface area contributed by atoms with Gasteiger partial charge in [-0.3, -0.25) is 0 Å². The summed E-state index contributed by atoms with van der Waals surface area (Å²) in [5.74, 6) is 0.986. The van der Waals surface area contributed by atoms with E-state index in [0.29, 0.717) is 17.6 Å². The van der Waals surface area contributed by atoms with E-state index in [4.69, 9.17) is 0 Å². The number of pyridine rings is 1. The van der Waals surface area contributed by atoms with Gasteiger partial charge in [0.25, 0.3) is 0 Å². The Kier molecular flexibility index (Phi) is 4.73. The van der Waals surface area contributed by atoms with Gasteiger partial charge in [-0.25, -0.2) is 4.52 Å². The molecule has 3 aromatic rings. The van der Waals surface area contributed by atoms with Crippen molar-refractivity contribution in [2.75, 3.05) is 18.4 Å². The van der Waals surface area contributed by atoms with Crippen molar-refractivity contribution < 1.29 is 14.6 Å². The lowest BCUT2D eigenvalue weighted by atomic mass is 9.93. The van der Waals surface area contributed by atoms with Gasteiger partial charge in [0.15, 0.2) is 5.65 Å². The summed E-state index contributed by atoms with van der Waals surface area (Å²) in [5.41, 5.74) is 1.64. The molecule has 0 bridgehead atoms. The Balaban J connectivity index is 0.00000225. The van der Waals surface area contributed by atoms with Crippen LogP contribution in [-0.2, 0) is 12.6 Å². The van der Waals surface area contributed by atoms with E-state index in [1.165, 1.54) is 12.1 Å². The number of halogens is 3. The zero-order valence-corrected chi connectivity index (χ0v) is 14.6. The van der Waals surface area contributed by atoms with Crippen molar-refractivity contribution in [1.82, 2.24) is 19.9 Å². The van der Waals surface area contributed by atoms with Crippen LogP contribution in [0.4, 0.5) is 24.8 Å². The SMILES string of the molecule is FC(F)(F)c1ccc(Nc2nc3cccc(CC4CCNCC4)n3n2)cc1.[HH]. The van der Waals surface area contributed by atoms with Gasteiger partial charge in [0.2, 0.25) is 5.95 Å². The van der Waals surface area contributed by atoms with Crippen molar-refractivity contribution in [2.45, 2.75) is 25.4 Å². The van der Waals surface area contributed by atoms with Crippen molar-refractivity contribution in [2.24, 2.45) is 5.92 Å². The summed E-state index contributed by atoms with van der Waals surface area (Å²) in [7, 11) is 0. The maximum atomic E-state index is 12.7. The van der Waals surface area contributed by atoms with Gasteiger partial charge in [0.1, 0.15) is 0 Å². The molecule has 1 fully saturated rings. The number of anilines is 2. The minimum absolute atomic E-state index is 0. The number of fused-ring (bicyclic) bond motifs is 1. The van der Waals surface area contributed by atoms with Crippen molar-refractivity contribution in [1.29, 1.82) is 0 Å². The minimum atomic E-state index is -4.34. The topological polar surface area (TPSA) is 54.2 Å². The fourth-order valence-electron chi connectivity index (χ4n) is 3.42. The normalized spacial score (nSPS) is 16.0. The number of rotatable bonds is 4. The molecule has 1 saturated heterocycles. The van der Waals surface area contributed by atoms with Crippen LogP contribution in [-0.4, -0.2) is 27.7 Å². The third-order valence-corrected chi connectivity index (χ3v) is 4.86. The molecular weight excluding hydrogens is 355 g/mol. The molecule has 0 aliphatic carbocycles. The van der Waals surface area contributed by atoms with Crippen LogP contribution < -0.4 is 10.6 Å². The second-order valence-electron chi connectivity index (χ2n) is 6.82. The number of nitrogens with zero attached hydrogens (tertiary/aromatic N) is 3. The summed E-state index contributed by atoms with van der Waals surface area (Å²) >= 11 is 0. The van der Waals surface area contributed by atoms with Gasteiger partial charge in [0, 0.05) is 12.8 Å². The Morgan fingerprint density at radius 3 is 2.56 bits per heavy atom. The monoisotopic (exact) mass is 377 g/mol. The third kappa shape index (κ3) is 4.05. The molecule has 5 nitrogen and oxygen atoms in total. The molecule has 144 valence electrons. The summed E-state index contributed by atoms with van der Waals surface area (Å²) in [6.45, 7) is 2.08. The van der Waals surface area contributed by atoms with Crippen LogP contribution in [0.3, 0.4) is 0 Å². The zero-order chi connectivity index (χ0) is 18.9. The van der Waals surface area contributed by atoms with E-state index in [2.05, 4.69) is 20.7 Å². The van der Waals surface area contributed by atoms with Gasteiger partial charge >= 0.3 is 6.18 Å². The fraction of sp³-hybridized carbons (Fsp3) is 0.368. The van der Waals surface area contributed by atoms with Gasteiger partial charge in [-0.1, -0.05) is 6.07 Å². The van der Waals surface area contributed by atoms with Crippen LogP contribution in [0.25, 0.3) is 5.65 Å². The minimum Gasteiger partial charge on any atom is -0.323 e. The molecule has 2 N–H and O–H groups in total. The lowest BCUT2D eigenvalue weighted by Gasteiger charge is -2.22. The molecule has 0 unspecified atom stereocenters. The number of nitrogens with one attached hydrogen (secondary N) is 2. The number of alkyl halides is 3. The Morgan fingerprint density at radius 1 is 1.11 bits per heavy atom. The Hall–Kier alpha value is -2.61. The van der Waals surface area contributed by atoms with Gasteiger partial charge in [0.05, 0.1) is 5.56 Å². The van der Waals surface area contributed by atoms with E-state index < -0.39 is 11.7 Å². The van der Waals surface area contributed by atoms with Gasteiger partial charge in [-0.2, -0.15) is 18.2 Å². The van der Waals surface area contributed by atoms with E-state index in [0.717, 1.165) is 55.8 Å². The first-order chi connectivity index (χ1) is 13.0. The van der Waals surface area contributed by atoms with Crippen LogP contribution in [0.15, 0.2) is 42.5 Å². The summed E-state index contributed by atoms with van der Waals surface area (Å²) < 4.78 is 39.8. The lowest BCUT2D eigenvalue weighted by molar-refractivity contribution is -0.137. The first kappa shape index (κ1) is 17.8. The van der Waals surface area contributed by atoms with Crippen LogP contribution in [0.2, 0.25) is 0 Å². The summed E-state index contributed by atoms with van der Waals surface area (Å²) in [6, 6.07) is 10.7. The van der Waals surface area contributed by atoms with Gasteiger partial charge in [-0.05, 0) is 74.7 Å². The van der Waals surface area contributed by atoms with Crippen LogP contribution in [0, 0.1) is 5.92 Å². The predicted molar refractivity (Wildman–Crippen MR) is 99.1 cm³/mol. The molecule has 1 aliphatic heterocycles. The average molecular weight is 377 g/mol. The van der Waals surface area contributed by atoms with E-state index in [1.54, 1.807) is 0 Å². The highest BCUT2D eigenvalue weighted by atomic mass is 19.4. The molecule has 0 radical (unpaired) electrons. The fourth-order valence-corrected chi connectivity index (χ4v) is 3.42. The second kappa shape index (κ2) is 7.19. The van der Waals surface area contributed by atoms with Crippen LogP contribution >= 0.6 is 0 Å². The zero-order valence-electron chi connectivity index (χ0n) is 14.6. The van der Waals surface area contributed by atoms with Crippen molar-refractivity contribution in [3.05, 3.63) is 53.7 Å². The first-order valence-electron chi connectivity index (χ1n) is 8.99. The van der Waals surface area contributed by atoms with E-state index >= 15 is 0 Å². The summed E-state index contributed by atoms with van der Waals surface area (Å²) in [6.07, 6.45) is -1.13. The maximum Gasteiger partial charge on any atom is 0.416 e. The number of hydrogen-bond donors (Lipinski definition) is 2. The summed E-state index contributed by atoms with van der Waals surface area (Å²) in [5, 5.41) is 10.9. The molecule has 2 aromatic heterocycles. The van der Waals surface area contributed by atoms with Crippen molar-refractivity contribution in [3.8, 4) is 0 Å². The second-order valence-corrected chi connectivity index (χ2v) is 6.82. The van der Waals surface area contributed by atoms with Crippen molar-refractivity contribution in [3.63, 3.8) is 0 Å². The lowest BCUT2D eigenvalue weighted by Crippen LogP contribution is -2.29. The van der Waals surface area contributed by atoms with Crippen LogP contribution in [0.1, 0.15) is 25.5 Å². The standard InChI is InChI=1S/C19H20F3N5.H2/c20-19(21,22)14-4-6-15(7-5-14)24-18-25-17-3-1-2-16(27(17)26-18)12-13-8-10-23-11-9-13;/h1-7,13,23H,8-12H2,(H,24,26);1H. The Bertz CT molecular complexity index is 917. The van der Waals surface area contributed by atoms with E-state index in [9.17, 15) is 13.2 Å². The highest BCUT2D eigenvalue weighted by molar-refractivity contribution is 5.56. The van der Waals surface area contributed by atoms with Crippen LogP contribution in [0.5, 0.6) is 0 Å². The molecule has 4 rings (SSSR count). The maximum absolute atomic E-state index is 12.7. The highest BCUT2D eigenvalue weighted by Gasteiger charge is 2.30. The first-order valence-corrected chi connectivity index (χ1v) is 8.99. The third-order valence-electron chi connectivity index (χ3n) is 4.86. The summed E-state index contributed by atoms with van der Waals surface area (Å²) in [4.78, 5) is 4.44. The van der Waals surface area contributed by atoms with E-state index in [-0.39, 0.29) is 1.43 Å². The van der Waals surface area contributed by atoms with Gasteiger partial charge < -0.3 is 10.6 Å². The number of benzene rings is 1. The quantitative estimate of drug-likeness (QED) is 0.713. The number of hydrogen-bond acceptors (Lipinski definition) is 4. The molecule has 1 aromatic carbocycles. The number of piperidine rings is 1. The molecule has 3 heterocycles. The molecular formula is C19H22F3N5. The van der Waals surface area contributed by atoms with Crippen molar-refractivity contribution >= 4 is 17.3 Å². The average Bonchev–Trinajstić information content (AvgIpc) is 3.06. The Morgan fingerprint density at radius 2 is 1.85 bits per heavy atom. The highest BCUT2D eigenvalue weighted by Crippen LogP contribution is 2.30. The van der Waals surface area contributed by atoms with E-state index in [1.807, 2.05) is 22.7 Å². The van der Waals surface area contributed by atoms with Gasteiger partial charge in [-0.15, -0.1) is 5.10 Å². The molecule has 0 spiro atoms. The Labute approximate surface area is 156 Å². The number of aromatic nitrogens is 3. The largest absolute Gasteiger partial charge is 0.416 e. The molecule has 0 amide bonds. The smallest absolute Gasteiger partial charge is 0.323 e. The molecule has 27 heavy (non-hydrogen) atoms.